The number of benzene rings is 1. The second kappa shape index (κ2) is 6.85. The Morgan fingerprint density at radius 2 is 2.19 bits per heavy atom. The van der Waals surface area contributed by atoms with E-state index >= 15 is 0 Å². The first-order chi connectivity index (χ1) is 9.99. The van der Waals surface area contributed by atoms with Crippen molar-refractivity contribution in [2.45, 2.75) is 44.9 Å². The Morgan fingerprint density at radius 1 is 1.43 bits per heavy atom. The van der Waals surface area contributed by atoms with Crippen LogP contribution in [0.5, 0.6) is 5.75 Å². The minimum absolute atomic E-state index is 0.0956. The van der Waals surface area contributed by atoms with Gasteiger partial charge in [0, 0.05) is 6.04 Å². The summed E-state index contributed by atoms with van der Waals surface area (Å²) in [6.07, 6.45) is 2.46. The van der Waals surface area contributed by atoms with Gasteiger partial charge in [-0.3, -0.25) is 9.69 Å². The predicted octanol–water partition coefficient (Wildman–Crippen LogP) is 3.29. The predicted molar refractivity (Wildman–Crippen MR) is 73.5 cm³/mol. The lowest BCUT2D eigenvalue weighted by Gasteiger charge is -2.37. The molecule has 1 aromatic rings. The van der Waals surface area contributed by atoms with Crippen molar-refractivity contribution in [3.8, 4) is 5.75 Å². The molecule has 1 N–H and O–H groups in total. The normalized spacial score (nSPS) is 21.2. The second-order valence-electron chi connectivity index (χ2n) is 5.21. The van der Waals surface area contributed by atoms with Gasteiger partial charge in [-0.1, -0.05) is 18.6 Å². The van der Waals surface area contributed by atoms with Crippen LogP contribution in [0.3, 0.4) is 0 Å². The molecule has 0 amide bonds. The molecule has 4 nitrogen and oxygen atoms in total. The smallest absolute Gasteiger partial charge is 0.387 e. The van der Waals surface area contributed by atoms with E-state index in [-0.39, 0.29) is 11.8 Å². The molecule has 0 radical (unpaired) electrons. The van der Waals surface area contributed by atoms with E-state index in [1.807, 2.05) is 11.8 Å². The van der Waals surface area contributed by atoms with Gasteiger partial charge in [-0.05, 0) is 44.0 Å². The van der Waals surface area contributed by atoms with Gasteiger partial charge in [0.15, 0.2) is 0 Å². The van der Waals surface area contributed by atoms with Crippen LogP contribution in [0, 0.1) is 0 Å². The van der Waals surface area contributed by atoms with Crippen molar-refractivity contribution in [1.29, 1.82) is 0 Å². The lowest BCUT2D eigenvalue weighted by atomic mass is 9.97. The van der Waals surface area contributed by atoms with Gasteiger partial charge < -0.3 is 9.84 Å². The van der Waals surface area contributed by atoms with Crippen LogP contribution >= 0.6 is 0 Å². The number of carboxylic acids is 1. The van der Waals surface area contributed by atoms with E-state index in [4.69, 9.17) is 0 Å². The van der Waals surface area contributed by atoms with E-state index in [9.17, 15) is 18.7 Å². The summed E-state index contributed by atoms with van der Waals surface area (Å²) in [5.41, 5.74) is 0.779. The number of likely N-dealkylation sites (tertiary alicyclic amines) is 1. The summed E-state index contributed by atoms with van der Waals surface area (Å²) in [7, 11) is 0. The largest absolute Gasteiger partial charge is 0.480 e. The number of nitrogens with zero attached hydrogens (tertiary/aromatic N) is 1. The van der Waals surface area contributed by atoms with Crippen LogP contribution in [0.1, 0.15) is 37.8 Å². The SMILES string of the molecule is CC(c1cccc(OC(F)F)c1)N1CCCCC1C(=O)O. The molecule has 0 aromatic heterocycles. The summed E-state index contributed by atoms with van der Waals surface area (Å²) in [5.74, 6) is -0.736. The van der Waals surface area contributed by atoms with Crippen LogP contribution in [-0.2, 0) is 4.79 Å². The lowest BCUT2D eigenvalue weighted by Crippen LogP contribution is -2.45. The standard InChI is InChI=1S/C15H19F2NO3/c1-10(18-8-3-2-7-13(18)14(19)20)11-5-4-6-12(9-11)21-15(16)17/h4-6,9-10,13,15H,2-3,7-8H2,1H3,(H,19,20). The molecule has 1 saturated heterocycles. The van der Waals surface area contributed by atoms with Crippen molar-refractivity contribution in [3.63, 3.8) is 0 Å². The Hall–Kier alpha value is -1.69. The zero-order chi connectivity index (χ0) is 15.4. The third-order valence-corrected chi connectivity index (χ3v) is 3.89. The molecule has 116 valence electrons. The van der Waals surface area contributed by atoms with Crippen molar-refractivity contribution in [1.82, 2.24) is 4.90 Å². The van der Waals surface area contributed by atoms with Crippen molar-refractivity contribution >= 4 is 5.97 Å². The molecule has 0 bridgehead atoms. The minimum atomic E-state index is -2.86. The average Bonchev–Trinajstić information content (AvgIpc) is 2.46. The van der Waals surface area contributed by atoms with Gasteiger partial charge >= 0.3 is 12.6 Å². The number of ether oxygens (including phenoxy) is 1. The highest BCUT2D eigenvalue weighted by Crippen LogP contribution is 2.30. The molecule has 2 rings (SSSR count). The number of aliphatic carboxylic acids is 1. The van der Waals surface area contributed by atoms with Crippen LogP contribution in [0.2, 0.25) is 0 Å². The zero-order valence-corrected chi connectivity index (χ0v) is 11.8. The quantitative estimate of drug-likeness (QED) is 0.906. The lowest BCUT2D eigenvalue weighted by molar-refractivity contribution is -0.145. The third-order valence-electron chi connectivity index (χ3n) is 3.89. The molecule has 21 heavy (non-hydrogen) atoms. The van der Waals surface area contributed by atoms with Crippen molar-refractivity contribution in [3.05, 3.63) is 29.8 Å². The van der Waals surface area contributed by atoms with Gasteiger partial charge in [0.2, 0.25) is 0 Å². The van der Waals surface area contributed by atoms with Gasteiger partial charge in [0.05, 0.1) is 0 Å². The van der Waals surface area contributed by atoms with Crippen molar-refractivity contribution in [2.75, 3.05) is 6.54 Å². The fraction of sp³-hybridized carbons (Fsp3) is 0.533. The van der Waals surface area contributed by atoms with Crippen LogP contribution in [0.25, 0.3) is 0 Å². The number of rotatable bonds is 5. The molecule has 0 aliphatic carbocycles. The number of halogens is 2. The first-order valence-corrected chi connectivity index (χ1v) is 7.02. The molecule has 6 heteroatoms. The first-order valence-electron chi connectivity index (χ1n) is 7.02. The molecule has 2 unspecified atom stereocenters. The monoisotopic (exact) mass is 299 g/mol. The molecule has 1 heterocycles. The molecule has 0 saturated carbocycles. The van der Waals surface area contributed by atoms with Crippen LogP contribution < -0.4 is 4.74 Å². The van der Waals surface area contributed by atoms with E-state index in [0.717, 1.165) is 18.4 Å². The summed E-state index contributed by atoms with van der Waals surface area (Å²) in [4.78, 5) is 13.3. The van der Waals surface area contributed by atoms with Gasteiger partial charge in [0.25, 0.3) is 0 Å². The number of piperidine rings is 1. The Kier molecular flexibility index (Phi) is 5.12. The van der Waals surface area contributed by atoms with Crippen LogP contribution in [0.15, 0.2) is 24.3 Å². The van der Waals surface area contributed by atoms with Gasteiger partial charge in [-0.15, -0.1) is 0 Å². The van der Waals surface area contributed by atoms with Gasteiger partial charge in [-0.25, -0.2) is 0 Å². The first kappa shape index (κ1) is 15.7. The summed E-state index contributed by atoms with van der Waals surface area (Å²) in [5, 5.41) is 9.31. The molecule has 1 aliphatic heterocycles. The fourth-order valence-corrected chi connectivity index (χ4v) is 2.82. The maximum absolute atomic E-state index is 12.3. The molecular formula is C15H19F2NO3. The van der Waals surface area contributed by atoms with Gasteiger partial charge in [-0.2, -0.15) is 8.78 Å². The fourth-order valence-electron chi connectivity index (χ4n) is 2.82. The number of hydrogen-bond acceptors (Lipinski definition) is 3. The Labute approximate surface area is 122 Å². The summed E-state index contributed by atoms with van der Waals surface area (Å²) in [6.45, 7) is -0.279. The zero-order valence-electron chi connectivity index (χ0n) is 11.8. The van der Waals surface area contributed by atoms with E-state index in [1.165, 1.54) is 6.07 Å². The van der Waals surface area contributed by atoms with Crippen LogP contribution in [-0.4, -0.2) is 35.2 Å². The molecule has 1 aromatic carbocycles. The molecular weight excluding hydrogens is 280 g/mol. The topological polar surface area (TPSA) is 49.8 Å². The number of carbonyl (C=O) groups is 1. The average molecular weight is 299 g/mol. The van der Waals surface area contributed by atoms with Crippen molar-refractivity contribution < 1.29 is 23.4 Å². The number of alkyl halides is 2. The summed E-state index contributed by atoms with van der Waals surface area (Å²) in [6, 6.07) is 5.78. The maximum atomic E-state index is 12.3. The number of hydrogen-bond donors (Lipinski definition) is 1. The molecule has 1 aliphatic rings. The second-order valence-corrected chi connectivity index (χ2v) is 5.21. The Morgan fingerprint density at radius 3 is 2.86 bits per heavy atom. The van der Waals surface area contributed by atoms with Gasteiger partial charge in [0.1, 0.15) is 11.8 Å². The molecule has 2 atom stereocenters. The van der Waals surface area contributed by atoms with E-state index in [0.29, 0.717) is 13.0 Å². The highest BCUT2D eigenvalue weighted by Gasteiger charge is 2.32. The molecule has 1 fully saturated rings. The van der Waals surface area contributed by atoms with E-state index < -0.39 is 18.6 Å². The summed E-state index contributed by atoms with van der Waals surface area (Å²) >= 11 is 0. The van der Waals surface area contributed by atoms with Crippen molar-refractivity contribution in [2.24, 2.45) is 0 Å². The highest BCUT2D eigenvalue weighted by atomic mass is 19.3. The summed E-state index contributed by atoms with van der Waals surface area (Å²) < 4.78 is 28.9. The number of carboxylic acid groups (broad SMARTS) is 1. The van der Waals surface area contributed by atoms with Crippen LogP contribution in [0.4, 0.5) is 8.78 Å². The molecule has 0 spiro atoms. The third kappa shape index (κ3) is 3.91. The van der Waals surface area contributed by atoms with E-state index in [2.05, 4.69) is 4.74 Å². The Bertz CT molecular complexity index is 496. The Balaban J connectivity index is 2.17. The minimum Gasteiger partial charge on any atom is -0.480 e. The highest BCUT2D eigenvalue weighted by molar-refractivity contribution is 5.73. The van der Waals surface area contributed by atoms with E-state index in [1.54, 1.807) is 18.2 Å². The maximum Gasteiger partial charge on any atom is 0.387 e.